The zero-order valence-electron chi connectivity index (χ0n) is 10.8. The third-order valence-electron chi connectivity index (χ3n) is 3.50. The first-order chi connectivity index (χ1) is 9.11. The standard InChI is InChI=1S/C13H17IN2O2S/c1-19-13-5-3-2-4-11(13)15-10-7-6-9(14)8-12(10)16(17)18/h6-8,11,13,15H,2-5H2,1H3. The molecule has 0 aromatic heterocycles. The molecule has 1 aliphatic rings. The van der Waals surface area contributed by atoms with Crippen molar-refractivity contribution in [1.29, 1.82) is 0 Å². The van der Waals surface area contributed by atoms with Crippen LogP contribution in [0, 0.1) is 13.7 Å². The van der Waals surface area contributed by atoms with Gasteiger partial charge < -0.3 is 5.32 Å². The van der Waals surface area contributed by atoms with Crippen molar-refractivity contribution in [3.8, 4) is 0 Å². The fourth-order valence-corrected chi connectivity index (χ4v) is 3.93. The van der Waals surface area contributed by atoms with Crippen molar-refractivity contribution in [3.05, 3.63) is 31.9 Å². The minimum absolute atomic E-state index is 0.178. The van der Waals surface area contributed by atoms with Crippen LogP contribution in [0.2, 0.25) is 0 Å². The number of nitro groups is 1. The summed E-state index contributed by atoms with van der Waals surface area (Å²) in [5, 5.41) is 15.1. The van der Waals surface area contributed by atoms with E-state index in [9.17, 15) is 10.1 Å². The van der Waals surface area contributed by atoms with E-state index in [1.807, 2.05) is 23.9 Å². The Hall–Kier alpha value is -0.500. The molecule has 104 valence electrons. The highest BCUT2D eigenvalue weighted by atomic mass is 127. The number of thioether (sulfide) groups is 1. The average molecular weight is 392 g/mol. The highest BCUT2D eigenvalue weighted by molar-refractivity contribution is 14.1. The molecule has 0 saturated heterocycles. The molecule has 6 heteroatoms. The summed E-state index contributed by atoms with van der Waals surface area (Å²) in [6.45, 7) is 0. The van der Waals surface area contributed by atoms with E-state index in [0.717, 1.165) is 9.99 Å². The molecule has 0 bridgehead atoms. The monoisotopic (exact) mass is 392 g/mol. The normalized spacial score (nSPS) is 23.1. The lowest BCUT2D eigenvalue weighted by Crippen LogP contribution is -2.34. The van der Waals surface area contributed by atoms with Gasteiger partial charge in [0.2, 0.25) is 0 Å². The molecule has 0 heterocycles. The minimum Gasteiger partial charge on any atom is -0.376 e. The number of nitrogens with zero attached hydrogens (tertiary/aromatic N) is 1. The molecule has 0 amide bonds. The van der Waals surface area contributed by atoms with Crippen molar-refractivity contribution < 1.29 is 4.92 Å². The second-order valence-electron chi connectivity index (χ2n) is 4.73. The second kappa shape index (κ2) is 6.78. The average Bonchev–Trinajstić information content (AvgIpc) is 2.41. The zero-order valence-corrected chi connectivity index (χ0v) is 13.7. The summed E-state index contributed by atoms with van der Waals surface area (Å²) in [7, 11) is 0. The highest BCUT2D eigenvalue weighted by Crippen LogP contribution is 2.33. The Balaban J connectivity index is 2.20. The Morgan fingerprint density at radius 3 is 2.84 bits per heavy atom. The number of rotatable bonds is 4. The van der Waals surface area contributed by atoms with Crippen molar-refractivity contribution in [2.45, 2.75) is 37.0 Å². The van der Waals surface area contributed by atoms with E-state index in [4.69, 9.17) is 0 Å². The predicted octanol–water partition coefficient (Wildman–Crippen LogP) is 4.29. The molecule has 0 radical (unpaired) electrons. The number of benzene rings is 1. The molecule has 0 aliphatic heterocycles. The summed E-state index contributed by atoms with van der Waals surface area (Å²) < 4.78 is 0.889. The van der Waals surface area contributed by atoms with Gasteiger partial charge in [-0.1, -0.05) is 12.8 Å². The molecule has 4 nitrogen and oxygen atoms in total. The van der Waals surface area contributed by atoms with E-state index in [2.05, 4.69) is 34.2 Å². The molecular weight excluding hydrogens is 375 g/mol. The summed E-state index contributed by atoms with van der Waals surface area (Å²) >= 11 is 3.96. The van der Waals surface area contributed by atoms with Crippen molar-refractivity contribution in [2.24, 2.45) is 0 Å². The second-order valence-corrected chi connectivity index (χ2v) is 7.05. The Labute approximate surface area is 131 Å². The lowest BCUT2D eigenvalue weighted by atomic mass is 9.94. The van der Waals surface area contributed by atoms with Gasteiger partial charge in [-0.25, -0.2) is 0 Å². The summed E-state index contributed by atoms with van der Waals surface area (Å²) in [6.07, 6.45) is 6.87. The molecule has 1 aromatic rings. The van der Waals surface area contributed by atoms with E-state index in [-0.39, 0.29) is 10.6 Å². The number of anilines is 1. The molecule has 2 rings (SSSR count). The summed E-state index contributed by atoms with van der Waals surface area (Å²) in [5.74, 6) is 0. The van der Waals surface area contributed by atoms with Crippen LogP contribution in [0.25, 0.3) is 0 Å². The highest BCUT2D eigenvalue weighted by Gasteiger charge is 2.26. The van der Waals surface area contributed by atoms with Gasteiger partial charge in [0.15, 0.2) is 0 Å². The topological polar surface area (TPSA) is 55.2 Å². The number of nitrogens with one attached hydrogen (secondary N) is 1. The number of hydrogen-bond acceptors (Lipinski definition) is 4. The Morgan fingerprint density at radius 2 is 2.16 bits per heavy atom. The number of nitro benzene ring substituents is 1. The molecule has 19 heavy (non-hydrogen) atoms. The maximum Gasteiger partial charge on any atom is 0.293 e. The first-order valence-corrected chi connectivity index (χ1v) is 8.71. The van der Waals surface area contributed by atoms with Crippen LogP contribution in [-0.2, 0) is 0 Å². The van der Waals surface area contributed by atoms with Crippen LogP contribution in [0.3, 0.4) is 0 Å². The Kier molecular flexibility index (Phi) is 5.32. The molecule has 1 N–H and O–H groups in total. The van der Waals surface area contributed by atoms with Gasteiger partial charge in [0.25, 0.3) is 5.69 Å². The molecular formula is C13H17IN2O2S. The lowest BCUT2D eigenvalue weighted by Gasteiger charge is -2.31. The zero-order chi connectivity index (χ0) is 13.8. The van der Waals surface area contributed by atoms with Crippen molar-refractivity contribution in [2.75, 3.05) is 11.6 Å². The van der Waals surface area contributed by atoms with Crippen molar-refractivity contribution in [3.63, 3.8) is 0 Å². The van der Waals surface area contributed by atoms with Gasteiger partial charge in [-0.15, -0.1) is 0 Å². The maximum atomic E-state index is 11.1. The van der Waals surface area contributed by atoms with Crippen LogP contribution in [0.4, 0.5) is 11.4 Å². The van der Waals surface area contributed by atoms with Gasteiger partial charge in [-0.3, -0.25) is 10.1 Å². The predicted molar refractivity (Wildman–Crippen MR) is 89.0 cm³/mol. The lowest BCUT2D eigenvalue weighted by molar-refractivity contribution is -0.384. The SMILES string of the molecule is CSC1CCCCC1Nc1ccc(I)cc1[N+](=O)[O-]. The van der Waals surface area contributed by atoms with Gasteiger partial charge >= 0.3 is 0 Å². The Bertz CT molecular complexity index is 470. The van der Waals surface area contributed by atoms with Crippen LogP contribution >= 0.6 is 34.4 Å². The molecule has 1 aliphatic carbocycles. The van der Waals surface area contributed by atoms with Gasteiger partial charge in [-0.2, -0.15) is 11.8 Å². The van der Waals surface area contributed by atoms with Crippen LogP contribution < -0.4 is 5.32 Å². The first-order valence-electron chi connectivity index (χ1n) is 6.35. The van der Waals surface area contributed by atoms with Crippen LogP contribution in [-0.4, -0.2) is 22.5 Å². The summed E-state index contributed by atoms with van der Waals surface area (Å²) in [5.41, 5.74) is 0.827. The molecule has 1 aromatic carbocycles. The molecule has 0 spiro atoms. The quantitative estimate of drug-likeness (QED) is 0.472. The molecule has 1 fully saturated rings. The van der Waals surface area contributed by atoms with E-state index in [1.54, 1.807) is 6.07 Å². The number of halogens is 1. The third-order valence-corrected chi connectivity index (χ3v) is 5.34. The van der Waals surface area contributed by atoms with Crippen LogP contribution in [0.15, 0.2) is 18.2 Å². The van der Waals surface area contributed by atoms with Crippen LogP contribution in [0.5, 0.6) is 0 Å². The van der Waals surface area contributed by atoms with Gasteiger partial charge in [0.1, 0.15) is 5.69 Å². The van der Waals surface area contributed by atoms with Crippen LogP contribution in [0.1, 0.15) is 25.7 Å². The van der Waals surface area contributed by atoms with Gasteiger partial charge in [0, 0.05) is 20.9 Å². The third kappa shape index (κ3) is 3.75. The fraction of sp³-hybridized carbons (Fsp3) is 0.538. The molecule has 2 atom stereocenters. The van der Waals surface area contributed by atoms with Crippen molar-refractivity contribution >= 4 is 45.7 Å². The van der Waals surface area contributed by atoms with Gasteiger partial charge in [0.05, 0.1) is 4.92 Å². The fourth-order valence-electron chi connectivity index (χ4n) is 2.52. The largest absolute Gasteiger partial charge is 0.376 e. The maximum absolute atomic E-state index is 11.1. The van der Waals surface area contributed by atoms with Crippen molar-refractivity contribution in [1.82, 2.24) is 0 Å². The molecule has 2 unspecified atom stereocenters. The smallest absolute Gasteiger partial charge is 0.293 e. The van der Waals surface area contributed by atoms with E-state index < -0.39 is 0 Å². The first kappa shape index (κ1) is 14.9. The minimum atomic E-state index is -0.304. The number of hydrogen-bond donors (Lipinski definition) is 1. The summed E-state index contributed by atoms with van der Waals surface area (Å²) in [4.78, 5) is 10.8. The Morgan fingerprint density at radius 1 is 1.42 bits per heavy atom. The summed E-state index contributed by atoms with van der Waals surface area (Å²) in [6, 6.07) is 5.70. The van der Waals surface area contributed by atoms with E-state index >= 15 is 0 Å². The molecule has 1 saturated carbocycles. The van der Waals surface area contributed by atoms with E-state index in [0.29, 0.717) is 17.0 Å². The van der Waals surface area contributed by atoms with Gasteiger partial charge in [-0.05, 0) is 53.8 Å². The van der Waals surface area contributed by atoms with E-state index in [1.165, 1.54) is 19.3 Å².